The van der Waals surface area contributed by atoms with Crippen molar-refractivity contribution in [3.8, 4) is 5.75 Å². The minimum atomic E-state index is -3.60. The molecular formula is C20H25ClN2O3S. The van der Waals surface area contributed by atoms with Crippen LogP contribution in [0.1, 0.15) is 35.1 Å². The van der Waals surface area contributed by atoms with Crippen LogP contribution >= 0.6 is 11.6 Å². The molecule has 0 N–H and O–H groups in total. The molecule has 0 saturated carbocycles. The summed E-state index contributed by atoms with van der Waals surface area (Å²) in [5, 5.41) is 0.429. The standard InChI is InChI=1S/C20H25ClN2O3S/c1-13-10-14(2)16(4)20(15(13)3)27(24,25)23-9-5-6-17(12-23)26-19-7-8-22-11-18(19)21/h7-8,10-11,17H,5-6,9,12H2,1-4H3. The normalized spacial score (nSPS) is 18.5. The predicted octanol–water partition coefficient (Wildman–Crippen LogP) is 4.20. The molecular weight excluding hydrogens is 384 g/mol. The average Bonchev–Trinajstić information content (AvgIpc) is 2.62. The highest BCUT2D eigenvalue weighted by Gasteiger charge is 2.34. The van der Waals surface area contributed by atoms with Crippen LogP contribution in [0.5, 0.6) is 5.75 Å². The number of nitrogens with zero attached hydrogens (tertiary/aromatic N) is 2. The maximum absolute atomic E-state index is 13.4. The van der Waals surface area contributed by atoms with E-state index in [0.29, 0.717) is 28.8 Å². The van der Waals surface area contributed by atoms with Crippen LogP contribution in [0.4, 0.5) is 0 Å². The fourth-order valence-electron chi connectivity index (χ4n) is 3.55. The first-order valence-electron chi connectivity index (χ1n) is 9.05. The van der Waals surface area contributed by atoms with Crippen molar-refractivity contribution in [1.82, 2.24) is 9.29 Å². The van der Waals surface area contributed by atoms with Gasteiger partial charge in [-0.05, 0) is 62.8 Å². The molecule has 1 aliphatic rings. The molecule has 0 bridgehead atoms. The molecule has 27 heavy (non-hydrogen) atoms. The summed E-state index contributed by atoms with van der Waals surface area (Å²) in [4.78, 5) is 4.38. The summed E-state index contributed by atoms with van der Waals surface area (Å²) in [6.45, 7) is 8.47. The second-order valence-corrected chi connectivity index (χ2v) is 9.42. The number of hydrogen-bond donors (Lipinski definition) is 0. The summed E-state index contributed by atoms with van der Waals surface area (Å²) < 4.78 is 34.4. The Labute approximate surface area is 166 Å². The van der Waals surface area contributed by atoms with Crippen LogP contribution in [0.3, 0.4) is 0 Å². The second-order valence-electron chi connectivity index (χ2n) is 7.14. The van der Waals surface area contributed by atoms with Gasteiger partial charge < -0.3 is 4.74 Å². The Bertz CT molecular complexity index is 934. The van der Waals surface area contributed by atoms with Gasteiger partial charge in [0.2, 0.25) is 10.0 Å². The van der Waals surface area contributed by atoms with Crippen LogP contribution in [0.2, 0.25) is 5.02 Å². The molecule has 1 aromatic carbocycles. The van der Waals surface area contributed by atoms with Crippen LogP contribution in [0.25, 0.3) is 0 Å². The van der Waals surface area contributed by atoms with Crippen molar-refractivity contribution >= 4 is 21.6 Å². The smallest absolute Gasteiger partial charge is 0.243 e. The zero-order chi connectivity index (χ0) is 19.8. The molecule has 7 heteroatoms. The molecule has 1 fully saturated rings. The Morgan fingerprint density at radius 1 is 1.19 bits per heavy atom. The number of halogens is 1. The largest absolute Gasteiger partial charge is 0.487 e. The Morgan fingerprint density at radius 3 is 2.48 bits per heavy atom. The summed E-state index contributed by atoms with van der Waals surface area (Å²) in [5.74, 6) is 0.537. The number of pyridine rings is 1. The fraction of sp³-hybridized carbons (Fsp3) is 0.450. The van der Waals surface area contributed by atoms with Crippen molar-refractivity contribution < 1.29 is 13.2 Å². The van der Waals surface area contributed by atoms with Crippen molar-refractivity contribution in [3.05, 3.63) is 51.8 Å². The van der Waals surface area contributed by atoms with Gasteiger partial charge in [0, 0.05) is 25.0 Å². The van der Waals surface area contributed by atoms with Gasteiger partial charge >= 0.3 is 0 Å². The number of piperidine rings is 1. The highest BCUT2D eigenvalue weighted by Crippen LogP contribution is 2.31. The quantitative estimate of drug-likeness (QED) is 0.760. The lowest BCUT2D eigenvalue weighted by molar-refractivity contribution is 0.129. The summed E-state index contributed by atoms with van der Waals surface area (Å²) >= 11 is 6.12. The number of aryl methyl sites for hydroxylation is 2. The average molecular weight is 409 g/mol. The van der Waals surface area contributed by atoms with E-state index in [2.05, 4.69) is 4.98 Å². The third kappa shape index (κ3) is 3.98. The lowest BCUT2D eigenvalue weighted by Gasteiger charge is -2.33. The third-order valence-electron chi connectivity index (χ3n) is 5.26. The van der Waals surface area contributed by atoms with Gasteiger partial charge in [-0.15, -0.1) is 0 Å². The van der Waals surface area contributed by atoms with E-state index < -0.39 is 10.0 Å². The van der Waals surface area contributed by atoms with Crippen LogP contribution in [-0.4, -0.2) is 36.9 Å². The van der Waals surface area contributed by atoms with E-state index in [1.54, 1.807) is 16.6 Å². The van der Waals surface area contributed by atoms with E-state index in [9.17, 15) is 8.42 Å². The molecule has 1 aliphatic heterocycles. The van der Waals surface area contributed by atoms with Gasteiger partial charge in [-0.3, -0.25) is 4.98 Å². The van der Waals surface area contributed by atoms with Crippen LogP contribution in [0, 0.1) is 27.7 Å². The lowest BCUT2D eigenvalue weighted by Crippen LogP contribution is -2.44. The zero-order valence-electron chi connectivity index (χ0n) is 16.1. The van der Waals surface area contributed by atoms with Gasteiger partial charge in [0.1, 0.15) is 16.9 Å². The molecule has 0 spiro atoms. The van der Waals surface area contributed by atoms with Crippen LogP contribution < -0.4 is 4.74 Å². The maximum atomic E-state index is 13.4. The number of ether oxygens (including phenoxy) is 1. The van der Waals surface area contributed by atoms with Crippen molar-refractivity contribution in [2.45, 2.75) is 51.5 Å². The van der Waals surface area contributed by atoms with E-state index in [-0.39, 0.29) is 6.10 Å². The molecule has 0 amide bonds. The molecule has 0 radical (unpaired) electrons. The van der Waals surface area contributed by atoms with Crippen LogP contribution in [-0.2, 0) is 10.0 Å². The summed E-state index contributed by atoms with van der Waals surface area (Å²) in [7, 11) is -3.60. The van der Waals surface area contributed by atoms with Gasteiger partial charge in [0.15, 0.2) is 0 Å². The van der Waals surface area contributed by atoms with Gasteiger partial charge in [0.05, 0.1) is 11.4 Å². The SMILES string of the molecule is Cc1cc(C)c(C)c(S(=O)(=O)N2CCCC(Oc3ccncc3Cl)C2)c1C. The number of aromatic nitrogens is 1. The molecule has 1 saturated heterocycles. The molecule has 146 valence electrons. The number of benzene rings is 1. The van der Waals surface area contributed by atoms with Crippen molar-refractivity contribution in [3.63, 3.8) is 0 Å². The first-order valence-corrected chi connectivity index (χ1v) is 10.9. The Morgan fingerprint density at radius 2 is 1.85 bits per heavy atom. The summed E-state index contributed by atoms with van der Waals surface area (Å²) in [6, 6.07) is 3.74. The molecule has 1 atom stereocenters. The number of hydrogen-bond acceptors (Lipinski definition) is 4. The van der Waals surface area contributed by atoms with Crippen molar-refractivity contribution in [2.75, 3.05) is 13.1 Å². The monoisotopic (exact) mass is 408 g/mol. The molecule has 1 aromatic heterocycles. The zero-order valence-corrected chi connectivity index (χ0v) is 17.7. The number of rotatable bonds is 4. The Hall–Kier alpha value is -1.63. The van der Waals surface area contributed by atoms with E-state index in [0.717, 1.165) is 35.1 Å². The van der Waals surface area contributed by atoms with Crippen LogP contribution in [0.15, 0.2) is 29.4 Å². The van der Waals surface area contributed by atoms with Gasteiger partial charge in [-0.25, -0.2) is 8.42 Å². The van der Waals surface area contributed by atoms with Crippen molar-refractivity contribution in [2.24, 2.45) is 0 Å². The molecule has 1 unspecified atom stereocenters. The Kier molecular flexibility index (Phi) is 5.79. The lowest BCUT2D eigenvalue weighted by atomic mass is 10.0. The number of sulfonamides is 1. The maximum Gasteiger partial charge on any atom is 0.243 e. The molecule has 3 rings (SSSR count). The molecule has 2 heterocycles. The van der Waals surface area contributed by atoms with Gasteiger partial charge in [0.25, 0.3) is 0 Å². The van der Waals surface area contributed by atoms with E-state index in [1.807, 2.05) is 33.8 Å². The first kappa shape index (κ1) is 20.1. The van der Waals surface area contributed by atoms with Gasteiger partial charge in [-0.2, -0.15) is 4.31 Å². The summed E-state index contributed by atoms with van der Waals surface area (Å²) in [5.41, 5.74) is 3.62. The topological polar surface area (TPSA) is 59.5 Å². The van der Waals surface area contributed by atoms with E-state index in [1.165, 1.54) is 6.20 Å². The predicted molar refractivity (Wildman–Crippen MR) is 107 cm³/mol. The van der Waals surface area contributed by atoms with E-state index >= 15 is 0 Å². The minimum Gasteiger partial charge on any atom is -0.487 e. The van der Waals surface area contributed by atoms with Crippen molar-refractivity contribution in [1.29, 1.82) is 0 Å². The minimum absolute atomic E-state index is 0.236. The summed E-state index contributed by atoms with van der Waals surface area (Å²) in [6.07, 6.45) is 4.43. The highest BCUT2D eigenvalue weighted by molar-refractivity contribution is 7.89. The fourth-order valence-corrected chi connectivity index (χ4v) is 5.80. The Balaban J connectivity index is 1.89. The third-order valence-corrected chi connectivity index (χ3v) is 7.69. The molecule has 0 aliphatic carbocycles. The van der Waals surface area contributed by atoms with Gasteiger partial charge in [-0.1, -0.05) is 17.7 Å². The highest BCUT2D eigenvalue weighted by atomic mass is 35.5. The second kappa shape index (κ2) is 7.78. The molecule has 5 nitrogen and oxygen atoms in total. The molecule has 2 aromatic rings. The van der Waals surface area contributed by atoms with E-state index in [4.69, 9.17) is 16.3 Å². The first-order chi connectivity index (χ1) is 12.7.